The van der Waals surface area contributed by atoms with E-state index in [4.69, 9.17) is 37.0 Å². The summed E-state index contributed by atoms with van der Waals surface area (Å²) in [6.45, 7) is 9.64. The number of esters is 4. The van der Waals surface area contributed by atoms with Crippen LogP contribution in [0.4, 0.5) is 0 Å². The Kier molecular flexibility index (Phi) is 73.1. The van der Waals surface area contributed by atoms with Crippen molar-refractivity contribution in [3.05, 3.63) is 0 Å². The lowest BCUT2D eigenvalue weighted by Crippen LogP contribution is -2.30. The number of carbonyl (C=O) groups is 4. The van der Waals surface area contributed by atoms with Gasteiger partial charge in [0.2, 0.25) is 0 Å². The number of hydrogen-bond donors (Lipinski definition) is 3. The van der Waals surface area contributed by atoms with Crippen LogP contribution in [0.5, 0.6) is 0 Å². The second-order valence-electron chi connectivity index (χ2n) is 30.8. The lowest BCUT2D eigenvalue weighted by molar-refractivity contribution is -0.161. The van der Waals surface area contributed by atoms with E-state index in [2.05, 4.69) is 41.5 Å². The van der Waals surface area contributed by atoms with Crippen molar-refractivity contribution in [2.45, 2.75) is 458 Å². The van der Waals surface area contributed by atoms with Crippen LogP contribution in [0.2, 0.25) is 0 Å². The van der Waals surface area contributed by atoms with Crippen LogP contribution in [0.25, 0.3) is 0 Å². The average Bonchev–Trinajstić information content (AvgIpc) is 0.917. The van der Waals surface area contributed by atoms with Gasteiger partial charge in [0, 0.05) is 25.7 Å². The quantitative estimate of drug-likeness (QED) is 0.0222. The van der Waals surface area contributed by atoms with E-state index in [9.17, 15) is 43.2 Å². The Balaban J connectivity index is 5.22. The number of phosphoric acid groups is 2. The van der Waals surface area contributed by atoms with E-state index in [0.717, 1.165) is 102 Å². The maximum atomic E-state index is 13.1. The van der Waals surface area contributed by atoms with Gasteiger partial charge in [0.15, 0.2) is 12.2 Å². The van der Waals surface area contributed by atoms with Crippen LogP contribution in [-0.4, -0.2) is 96.7 Å². The molecule has 3 N–H and O–H groups in total. The van der Waals surface area contributed by atoms with E-state index < -0.39 is 97.5 Å². The van der Waals surface area contributed by atoms with E-state index in [1.807, 2.05) is 0 Å². The highest BCUT2D eigenvalue weighted by atomic mass is 31.2. The number of carbonyl (C=O) groups excluding carboxylic acids is 4. The zero-order valence-corrected chi connectivity index (χ0v) is 68.7. The number of aliphatic hydroxyl groups is 1. The molecule has 0 rings (SSSR count). The average molecular weight is 1490 g/mol. The third-order valence-electron chi connectivity index (χ3n) is 19.5. The van der Waals surface area contributed by atoms with Crippen molar-refractivity contribution in [3.8, 4) is 0 Å². The number of ether oxygens (including phenoxy) is 4. The van der Waals surface area contributed by atoms with Crippen molar-refractivity contribution in [2.24, 2.45) is 11.8 Å². The van der Waals surface area contributed by atoms with E-state index >= 15 is 0 Å². The van der Waals surface area contributed by atoms with Crippen molar-refractivity contribution in [3.63, 3.8) is 0 Å². The largest absolute Gasteiger partial charge is 0.472 e. The number of unbranched alkanes of at least 4 members (excludes halogenated alkanes) is 52. The summed E-state index contributed by atoms with van der Waals surface area (Å²) in [5.41, 5.74) is 0. The van der Waals surface area contributed by atoms with Crippen molar-refractivity contribution in [1.29, 1.82) is 0 Å². The second kappa shape index (κ2) is 74.5. The molecule has 0 aromatic carbocycles. The maximum absolute atomic E-state index is 13.1. The minimum absolute atomic E-state index is 0.107. The molecular weight excluding hydrogens is 1330 g/mol. The molecule has 0 aromatic heterocycles. The third-order valence-corrected chi connectivity index (χ3v) is 21.4. The Morgan fingerprint density at radius 3 is 0.667 bits per heavy atom. The molecular formula is C83H162O17P2. The molecule has 0 heterocycles. The summed E-state index contributed by atoms with van der Waals surface area (Å²) in [7, 11) is -9.92. The first-order chi connectivity index (χ1) is 49.4. The van der Waals surface area contributed by atoms with Gasteiger partial charge in [-0.3, -0.25) is 37.3 Å². The molecule has 5 atom stereocenters. The molecule has 0 amide bonds. The fourth-order valence-electron chi connectivity index (χ4n) is 12.9. The molecule has 0 aliphatic rings. The van der Waals surface area contributed by atoms with E-state index in [1.165, 1.54) is 257 Å². The summed E-state index contributed by atoms with van der Waals surface area (Å²) in [5.74, 6) is -0.567. The van der Waals surface area contributed by atoms with Gasteiger partial charge in [0.05, 0.1) is 26.4 Å². The molecule has 102 heavy (non-hydrogen) atoms. The molecule has 0 fully saturated rings. The fourth-order valence-corrected chi connectivity index (χ4v) is 14.5. The SMILES string of the molecule is CCCCCCCCCCCCCCCCCCCCCCC(=O)O[C@H](COC(=O)CCCCCCCCCCCCCCCCCCC(C)C)COP(=O)(O)OC[C@@H](O)COP(=O)(O)OC[C@@H](COC(=O)CCCCCCCCCCC(C)C)OC(=O)CCCCCCCCCCCCCC. The summed E-state index contributed by atoms with van der Waals surface area (Å²) >= 11 is 0. The van der Waals surface area contributed by atoms with Gasteiger partial charge >= 0.3 is 39.5 Å². The Hall–Kier alpha value is -1.94. The van der Waals surface area contributed by atoms with Gasteiger partial charge < -0.3 is 33.8 Å². The molecule has 0 saturated carbocycles. The molecule has 2 unspecified atom stereocenters. The zero-order chi connectivity index (χ0) is 74.9. The molecule has 606 valence electrons. The molecule has 0 bridgehead atoms. The Bertz CT molecular complexity index is 1960. The molecule has 0 aromatic rings. The molecule has 0 saturated heterocycles. The number of aliphatic hydroxyl groups excluding tert-OH is 1. The topological polar surface area (TPSA) is 237 Å². The van der Waals surface area contributed by atoms with E-state index in [1.54, 1.807) is 0 Å². The highest BCUT2D eigenvalue weighted by Gasteiger charge is 2.30. The lowest BCUT2D eigenvalue weighted by Gasteiger charge is -2.21. The normalized spacial score (nSPS) is 13.9. The van der Waals surface area contributed by atoms with E-state index in [0.29, 0.717) is 25.7 Å². The van der Waals surface area contributed by atoms with Gasteiger partial charge in [-0.25, -0.2) is 9.13 Å². The van der Waals surface area contributed by atoms with Crippen LogP contribution < -0.4 is 0 Å². The monoisotopic (exact) mass is 1490 g/mol. The van der Waals surface area contributed by atoms with Crippen LogP contribution >= 0.6 is 15.6 Å². The van der Waals surface area contributed by atoms with Crippen molar-refractivity contribution in [1.82, 2.24) is 0 Å². The number of rotatable bonds is 82. The molecule has 0 radical (unpaired) electrons. The maximum Gasteiger partial charge on any atom is 0.472 e. The Morgan fingerprint density at radius 2 is 0.451 bits per heavy atom. The summed E-state index contributed by atoms with van der Waals surface area (Å²) in [6.07, 6.45) is 65.3. The van der Waals surface area contributed by atoms with Crippen molar-refractivity contribution < 1.29 is 80.2 Å². The van der Waals surface area contributed by atoms with Crippen LogP contribution in [-0.2, 0) is 65.4 Å². The molecule has 0 aliphatic heterocycles. The number of hydrogen-bond acceptors (Lipinski definition) is 15. The lowest BCUT2D eigenvalue weighted by atomic mass is 10.0. The van der Waals surface area contributed by atoms with Gasteiger partial charge in [-0.15, -0.1) is 0 Å². The summed E-state index contributed by atoms with van der Waals surface area (Å²) < 4.78 is 68.8. The minimum Gasteiger partial charge on any atom is -0.462 e. The summed E-state index contributed by atoms with van der Waals surface area (Å²) in [6, 6.07) is 0. The second-order valence-corrected chi connectivity index (χ2v) is 33.7. The first-order valence-corrected chi connectivity index (χ1v) is 46.0. The predicted molar refractivity (Wildman–Crippen MR) is 418 cm³/mol. The van der Waals surface area contributed by atoms with Gasteiger partial charge in [0.1, 0.15) is 19.3 Å². The molecule has 19 heteroatoms. The zero-order valence-electron chi connectivity index (χ0n) is 66.9. The number of phosphoric ester groups is 2. The Labute approximate surface area is 626 Å². The first-order valence-electron chi connectivity index (χ1n) is 43.0. The first kappa shape index (κ1) is 100. The van der Waals surface area contributed by atoms with Crippen molar-refractivity contribution >= 4 is 39.5 Å². The minimum atomic E-state index is -4.96. The third kappa shape index (κ3) is 76.3. The van der Waals surface area contributed by atoms with Gasteiger partial charge in [-0.2, -0.15) is 0 Å². The fraction of sp³-hybridized carbons (Fsp3) is 0.952. The van der Waals surface area contributed by atoms with Crippen molar-refractivity contribution in [2.75, 3.05) is 39.6 Å². The standard InChI is InChI=1S/C83H162O17P2/c1-7-9-11-13-15-17-19-21-22-23-24-25-26-31-34-38-42-50-56-62-68-83(88)99-78(71-93-80(85)65-59-53-47-40-37-33-30-28-27-29-32-35-39-45-51-57-63-75(3)4)73-97-101(89,90)95-69-77(84)70-96-102(91,92)98-74-79(72-94-81(86)66-60-54-48-44-43-46-52-58-64-76(5)6)100-82(87)67-61-55-49-41-36-20-18-16-14-12-10-8-2/h75-79,84H,7-74H2,1-6H3,(H,89,90)(H,91,92)/t77-,78-,79-/m1/s1. The van der Waals surface area contributed by atoms with Crippen LogP contribution in [0, 0.1) is 11.8 Å². The highest BCUT2D eigenvalue weighted by molar-refractivity contribution is 7.47. The predicted octanol–water partition coefficient (Wildman–Crippen LogP) is 25.1. The molecule has 0 spiro atoms. The van der Waals surface area contributed by atoms with Crippen LogP contribution in [0.3, 0.4) is 0 Å². The van der Waals surface area contributed by atoms with Crippen LogP contribution in [0.1, 0.15) is 440 Å². The summed E-state index contributed by atoms with van der Waals surface area (Å²) in [5, 5.41) is 10.6. The summed E-state index contributed by atoms with van der Waals surface area (Å²) in [4.78, 5) is 73.1. The van der Waals surface area contributed by atoms with Crippen LogP contribution in [0.15, 0.2) is 0 Å². The highest BCUT2D eigenvalue weighted by Crippen LogP contribution is 2.45. The smallest absolute Gasteiger partial charge is 0.462 e. The Morgan fingerprint density at radius 1 is 0.265 bits per heavy atom. The molecule has 17 nitrogen and oxygen atoms in total. The van der Waals surface area contributed by atoms with E-state index in [-0.39, 0.29) is 25.7 Å². The van der Waals surface area contributed by atoms with Gasteiger partial charge in [-0.1, -0.05) is 388 Å². The molecule has 0 aliphatic carbocycles. The van der Waals surface area contributed by atoms with Gasteiger partial charge in [0.25, 0.3) is 0 Å². The van der Waals surface area contributed by atoms with Gasteiger partial charge in [-0.05, 0) is 37.5 Å².